The van der Waals surface area contributed by atoms with Crippen LogP contribution in [0.4, 0.5) is 0 Å². The lowest BCUT2D eigenvalue weighted by Crippen LogP contribution is -2.35. The fraction of sp³-hybridized carbons (Fsp3) is 0.714. The largest absolute Gasteiger partial charge is 0.448 e. The van der Waals surface area contributed by atoms with Gasteiger partial charge in [0.25, 0.3) is 0 Å². The van der Waals surface area contributed by atoms with E-state index < -0.39 is 9.84 Å². The Morgan fingerprint density at radius 2 is 2.20 bits per heavy atom. The minimum absolute atomic E-state index is 0.0389. The maximum absolute atomic E-state index is 11.8. The molecule has 1 N–H and O–H groups in total. The lowest BCUT2D eigenvalue weighted by molar-refractivity contribution is 0.248. The van der Waals surface area contributed by atoms with Crippen molar-refractivity contribution in [2.75, 3.05) is 12.8 Å². The van der Waals surface area contributed by atoms with Crippen LogP contribution in [0, 0.1) is 5.92 Å². The molecule has 2 rings (SSSR count). The fourth-order valence-electron chi connectivity index (χ4n) is 3.09. The smallest absolute Gasteiger partial charge is 0.193 e. The third kappa shape index (κ3) is 3.77. The second-order valence-corrected chi connectivity index (χ2v) is 8.25. The minimum Gasteiger partial charge on any atom is -0.448 e. The molecule has 0 spiro atoms. The Labute approximate surface area is 125 Å². The molecule has 1 fully saturated rings. The van der Waals surface area contributed by atoms with Gasteiger partial charge in [0.05, 0.1) is 11.3 Å². The molecule has 0 radical (unpaired) electrons. The zero-order chi connectivity index (χ0) is 14.8. The van der Waals surface area contributed by atoms with Gasteiger partial charge in [0.1, 0.15) is 15.6 Å². The summed E-state index contributed by atoms with van der Waals surface area (Å²) in [5, 5.41) is 3.55. The summed E-state index contributed by atoms with van der Waals surface area (Å²) in [7, 11) is -2.97. The van der Waals surface area contributed by atoms with E-state index in [9.17, 15) is 8.42 Å². The van der Waals surface area contributed by atoms with E-state index in [1.165, 1.54) is 6.26 Å². The molecule has 20 heavy (non-hydrogen) atoms. The molecule has 1 heterocycles. The monoisotopic (exact) mass is 319 g/mol. The first-order valence-electron chi connectivity index (χ1n) is 7.09. The Balaban J connectivity index is 2.17. The van der Waals surface area contributed by atoms with Gasteiger partial charge in [0.2, 0.25) is 0 Å². The summed E-state index contributed by atoms with van der Waals surface area (Å²) >= 11 is 5.85. The Hall–Kier alpha value is -0.520. The Morgan fingerprint density at radius 1 is 1.45 bits per heavy atom. The second-order valence-electron chi connectivity index (χ2n) is 5.56. The van der Waals surface area contributed by atoms with Gasteiger partial charge in [0, 0.05) is 6.26 Å². The van der Waals surface area contributed by atoms with Gasteiger partial charge in [-0.05, 0) is 55.5 Å². The van der Waals surface area contributed by atoms with Gasteiger partial charge in [-0.25, -0.2) is 8.42 Å². The number of rotatable bonds is 5. The van der Waals surface area contributed by atoms with Crippen molar-refractivity contribution >= 4 is 21.4 Å². The van der Waals surface area contributed by atoms with Crippen LogP contribution in [0.3, 0.4) is 0 Å². The molecule has 3 unspecified atom stereocenters. The van der Waals surface area contributed by atoms with E-state index in [1.807, 2.05) is 13.0 Å². The Kier molecular flexibility index (Phi) is 5.15. The van der Waals surface area contributed by atoms with Crippen molar-refractivity contribution in [3.05, 3.63) is 23.1 Å². The number of nitrogens with one attached hydrogen (secondary N) is 1. The summed E-state index contributed by atoms with van der Waals surface area (Å²) in [5.74, 6) is 1.07. The predicted octanol–water partition coefficient (Wildman–Crippen LogP) is 3.19. The number of hydrogen-bond donors (Lipinski definition) is 1. The van der Waals surface area contributed by atoms with Crippen LogP contribution >= 0.6 is 11.6 Å². The first-order valence-corrected chi connectivity index (χ1v) is 9.42. The van der Waals surface area contributed by atoms with Crippen LogP contribution in [0.15, 0.2) is 16.5 Å². The number of furan rings is 1. The summed E-state index contributed by atoms with van der Waals surface area (Å²) in [6.45, 7) is 2.84. The molecule has 0 aromatic carbocycles. The molecular formula is C14H22ClNO3S. The topological polar surface area (TPSA) is 59.3 Å². The van der Waals surface area contributed by atoms with E-state index in [-0.39, 0.29) is 17.2 Å². The number of halogens is 1. The highest BCUT2D eigenvalue weighted by Crippen LogP contribution is 2.37. The number of sulfone groups is 1. The molecule has 4 nitrogen and oxygen atoms in total. The summed E-state index contributed by atoms with van der Waals surface area (Å²) in [4.78, 5) is 0. The average Bonchev–Trinajstić information content (AvgIpc) is 2.81. The van der Waals surface area contributed by atoms with Crippen molar-refractivity contribution < 1.29 is 12.8 Å². The van der Waals surface area contributed by atoms with Crippen LogP contribution in [0.5, 0.6) is 0 Å². The summed E-state index contributed by atoms with van der Waals surface area (Å²) in [5.41, 5.74) is 0. The third-order valence-corrected chi connectivity index (χ3v) is 5.91. The molecule has 6 heteroatoms. The molecule has 1 aromatic rings. The van der Waals surface area contributed by atoms with E-state index in [2.05, 4.69) is 5.32 Å². The van der Waals surface area contributed by atoms with E-state index in [0.717, 1.165) is 31.6 Å². The molecule has 114 valence electrons. The zero-order valence-electron chi connectivity index (χ0n) is 11.9. The van der Waals surface area contributed by atoms with Gasteiger partial charge in [-0.2, -0.15) is 0 Å². The SMILES string of the molecule is CCNC(c1ccc(Cl)o1)C1CCCC(S(C)(=O)=O)C1. The van der Waals surface area contributed by atoms with E-state index in [1.54, 1.807) is 6.07 Å². The molecule has 0 aliphatic heterocycles. The molecule has 3 atom stereocenters. The molecule has 1 saturated carbocycles. The van der Waals surface area contributed by atoms with Gasteiger partial charge in [-0.15, -0.1) is 0 Å². The van der Waals surface area contributed by atoms with Crippen LogP contribution in [0.1, 0.15) is 44.4 Å². The Morgan fingerprint density at radius 3 is 2.75 bits per heavy atom. The molecule has 0 amide bonds. The van der Waals surface area contributed by atoms with Crippen LogP contribution < -0.4 is 5.32 Å². The van der Waals surface area contributed by atoms with Gasteiger partial charge in [0.15, 0.2) is 5.22 Å². The van der Waals surface area contributed by atoms with E-state index in [4.69, 9.17) is 16.0 Å². The average molecular weight is 320 g/mol. The fourth-order valence-corrected chi connectivity index (χ4v) is 4.43. The van der Waals surface area contributed by atoms with E-state index >= 15 is 0 Å². The predicted molar refractivity (Wildman–Crippen MR) is 80.7 cm³/mol. The summed E-state index contributed by atoms with van der Waals surface area (Å²) < 4.78 is 29.1. The molecule has 0 bridgehead atoms. The highest BCUT2D eigenvalue weighted by atomic mass is 35.5. The summed E-state index contributed by atoms with van der Waals surface area (Å²) in [6, 6.07) is 3.65. The van der Waals surface area contributed by atoms with Gasteiger partial charge < -0.3 is 9.73 Å². The van der Waals surface area contributed by atoms with Crippen molar-refractivity contribution in [3.8, 4) is 0 Å². The zero-order valence-corrected chi connectivity index (χ0v) is 13.5. The first-order chi connectivity index (χ1) is 9.41. The van der Waals surface area contributed by atoms with Crippen molar-refractivity contribution in [2.45, 2.75) is 43.9 Å². The highest BCUT2D eigenvalue weighted by molar-refractivity contribution is 7.91. The van der Waals surface area contributed by atoms with Crippen LogP contribution in [-0.2, 0) is 9.84 Å². The van der Waals surface area contributed by atoms with E-state index in [0.29, 0.717) is 11.6 Å². The molecule has 1 aromatic heterocycles. The lowest BCUT2D eigenvalue weighted by Gasteiger charge is -2.33. The first kappa shape index (κ1) is 15.9. The third-order valence-electron chi connectivity index (χ3n) is 4.07. The van der Waals surface area contributed by atoms with Crippen molar-refractivity contribution in [2.24, 2.45) is 5.92 Å². The van der Waals surface area contributed by atoms with Crippen molar-refractivity contribution in [3.63, 3.8) is 0 Å². The second kappa shape index (κ2) is 6.50. The summed E-state index contributed by atoms with van der Waals surface area (Å²) in [6.07, 6.45) is 4.76. The van der Waals surface area contributed by atoms with Crippen molar-refractivity contribution in [1.29, 1.82) is 0 Å². The molecule has 1 aliphatic rings. The minimum atomic E-state index is -2.97. The molecule has 0 saturated heterocycles. The van der Waals surface area contributed by atoms with Crippen molar-refractivity contribution in [1.82, 2.24) is 5.32 Å². The van der Waals surface area contributed by atoms with Gasteiger partial charge >= 0.3 is 0 Å². The molecule has 1 aliphatic carbocycles. The lowest BCUT2D eigenvalue weighted by atomic mass is 9.82. The van der Waals surface area contributed by atoms with Crippen LogP contribution in [-0.4, -0.2) is 26.5 Å². The normalized spacial score (nSPS) is 25.6. The standard InChI is InChI=1S/C14H22ClNO3S/c1-3-16-14(12-7-8-13(15)19-12)10-5-4-6-11(9-10)20(2,17)18/h7-8,10-11,14,16H,3-6,9H2,1-2H3. The Bertz CT molecular complexity index is 540. The van der Waals surface area contributed by atoms with Crippen LogP contribution in [0.2, 0.25) is 5.22 Å². The van der Waals surface area contributed by atoms with Gasteiger partial charge in [-0.3, -0.25) is 0 Å². The maximum atomic E-state index is 11.8. The quantitative estimate of drug-likeness (QED) is 0.905. The number of hydrogen-bond acceptors (Lipinski definition) is 4. The molecular weight excluding hydrogens is 298 g/mol. The highest BCUT2D eigenvalue weighted by Gasteiger charge is 2.34. The maximum Gasteiger partial charge on any atom is 0.193 e. The van der Waals surface area contributed by atoms with Crippen LogP contribution in [0.25, 0.3) is 0 Å². The van der Waals surface area contributed by atoms with Gasteiger partial charge in [-0.1, -0.05) is 13.3 Å².